The van der Waals surface area contributed by atoms with Crippen molar-refractivity contribution < 1.29 is 9.53 Å². The van der Waals surface area contributed by atoms with Gasteiger partial charge in [-0.25, -0.2) is 0 Å². The summed E-state index contributed by atoms with van der Waals surface area (Å²) in [6, 6.07) is 15.1. The molecular formula is C24H29N5O2. The first-order valence-corrected chi connectivity index (χ1v) is 11.3. The minimum absolute atomic E-state index is 0.00521. The molecule has 0 bridgehead atoms. The van der Waals surface area contributed by atoms with E-state index in [1.54, 1.807) is 0 Å². The van der Waals surface area contributed by atoms with Crippen LogP contribution in [0.1, 0.15) is 30.1 Å². The third-order valence-corrected chi connectivity index (χ3v) is 6.34. The molecule has 1 N–H and O–H groups in total. The molecular weight excluding hydrogens is 390 g/mol. The molecule has 1 aromatic heterocycles. The lowest BCUT2D eigenvalue weighted by Gasteiger charge is -2.20. The molecule has 2 aliphatic heterocycles. The lowest BCUT2D eigenvalue weighted by Crippen LogP contribution is -2.35. The van der Waals surface area contributed by atoms with Crippen LogP contribution in [0.15, 0.2) is 42.5 Å². The fourth-order valence-corrected chi connectivity index (χ4v) is 4.64. The SMILES string of the molecule is O=C(NCCc1nnc2n1CCN(Cc1cccc3ccccc13)CC2)[C@H]1CCCO1. The molecule has 7 nitrogen and oxygen atoms in total. The zero-order valence-electron chi connectivity index (χ0n) is 17.8. The molecule has 1 fully saturated rings. The first-order valence-electron chi connectivity index (χ1n) is 11.3. The number of nitrogens with zero attached hydrogens (tertiary/aromatic N) is 4. The molecule has 2 aliphatic rings. The minimum atomic E-state index is -0.279. The Hall–Kier alpha value is -2.77. The van der Waals surface area contributed by atoms with Crippen LogP contribution in [0.4, 0.5) is 0 Å². The van der Waals surface area contributed by atoms with E-state index in [4.69, 9.17) is 4.74 Å². The number of rotatable bonds is 6. The smallest absolute Gasteiger partial charge is 0.249 e. The van der Waals surface area contributed by atoms with Crippen LogP contribution in [-0.2, 0) is 35.5 Å². The van der Waals surface area contributed by atoms with Crippen molar-refractivity contribution in [3.8, 4) is 0 Å². The fourth-order valence-electron chi connectivity index (χ4n) is 4.64. The van der Waals surface area contributed by atoms with E-state index in [-0.39, 0.29) is 12.0 Å². The normalized spacial score (nSPS) is 19.3. The monoisotopic (exact) mass is 419 g/mol. The van der Waals surface area contributed by atoms with Crippen LogP contribution in [0.5, 0.6) is 0 Å². The number of amides is 1. The Morgan fingerprint density at radius 2 is 2.00 bits per heavy atom. The van der Waals surface area contributed by atoms with Crippen molar-refractivity contribution in [1.82, 2.24) is 25.0 Å². The van der Waals surface area contributed by atoms with Gasteiger partial charge in [-0.15, -0.1) is 10.2 Å². The molecule has 3 aromatic rings. The van der Waals surface area contributed by atoms with Gasteiger partial charge >= 0.3 is 0 Å². The summed E-state index contributed by atoms with van der Waals surface area (Å²) in [5.74, 6) is 1.99. The van der Waals surface area contributed by atoms with Crippen molar-refractivity contribution in [1.29, 1.82) is 0 Å². The molecule has 5 rings (SSSR count). The molecule has 2 aromatic carbocycles. The number of benzene rings is 2. The number of aromatic nitrogens is 3. The Balaban J connectivity index is 1.19. The van der Waals surface area contributed by atoms with Crippen LogP contribution >= 0.6 is 0 Å². The van der Waals surface area contributed by atoms with E-state index < -0.39 is 0 Å². The summed E-state index contributed by atoms with van der Waals surface area (Å²) < 4.78 is 7.68. The summed E-state index contributed by atoms with van der Waals surface area (Å²) in [6.07, 6.45) is 3.08. The van der Waals surface area contributed by atoms with Gasteiger partial charge in [-0.3, -0.25) is 9.69 Å². The highest BCUT2D eigenvalue weighted by Crippen LogP contribution is 2.21. The average Bonchev–Trinajstić information content (AvgIpc) is 3.42. The summed E-state index contributed by atoms with van der Waals surface area (Å²) in [6.45, 7) is 5.00. The predicted octanol–water partition coefficient (Wildman–Crippen LogP) is 2.33. The highest BCUT2D eigenvalue weighted by atomic mass is 16.5. The third-order valence-electron chi connectivity index (χ3n) is 6.34. The second-order valence-corrected chi connectivity index (χ2v) is 8.39. The van der Waals surface area contributed by atoms with Gasteiger partial charge in [-0.05, 0) is 29.2 Å². The molecule has 7 heteroatoms. The van der Waals surface area contributed by atoms with Gasteiger partial charge < -0.3 is 14.6 Å². The van der Waals surface area contributed by atoms with Crippen molar-refractivity contribution >= 4 is 16.7 Å². The molecule has 31 heavy (non-hydrogen) atoms. The average molecular weight is 420 g/mol. The zero-order valence-corrected chi connectivity index (χ0v) is 17.8. The maximum absolute atomic E-state index is 12.1. The van der Waals surface area contributed by atoms with Crippen LogP contribution in [-0.4, -0.2) is 57.9 Å². The Kier molecular flexibility index (Phi) is 5.95. The first-order chi connectivity index (χ1) is 15.3. The fraction of sp³-hybridized carbons (Fsp3) is 0.458. The number of ether oxygens (including phenoxy) is 1. The largest absolute Gasteiger partial charge is 0.368 e. The number of carbonyl (C=O) groups excluding carboxylic acids is 1. The van der Waals surface area contributed by atoms with Crippen molar-refractivity contribution in [2.45, 2.75) is 44.9 Å². The van der Waals surface area contributed by atoms with E-state index in [1.165, 1.54) is 16.3 Å². The standard InChI is InChI=1S/C24H29N5O2/c30-24(21-9-4-16-31-21)25-12-10-22-26-27-23-11-13-28(14-15-29(22)23)17-19-7-3-6-18-5-1-2-8-20(18)19/h1-3,5-8,21H,4,9-17H2,(H,25,30)/t21-/m1/s1. The molecule has 0 unspecified atom stereocenters. The number of carbonyl (C=O) groups is 1. The molecule has 0 spiro atoms. The van der Waals surface area contributed by atoms with Gasteiger partial charge in [0.25, 0.3) is 0 Å². The Morgan fingerprint density at radius 3 is 2.90 bits per heavy atom. The van der Waals surface area contributed by atoms with Crippen LogP contribution in [0.2, 0.25) is 0 Å². The van der Waals surface area contributed by atoms with E-state index in [0.717, 1.165) is 57.1 Å². The summed E-state index contributed by atoms with van der Waals surface area (Å²) in [7, 11) is 0. The van der Waals surface area contributed by atoms with E-state index in [9.17, 15) is 4.79 Å². The zero-order chi connectivity index (χ0) is 21.0. The van der Waals surface area contributed by atoms with E-state index in [2.05, 4.69) is 67.4 Å². The van der Waals surface area contributed by atoms with Crippen LogP contribution in [0.25, 0.3) is 10.8 Å². The van der Waals surface area contributed by atoms with Gasteiger partial charge in [0.15, 0.2) is 0 Å². The van der Waals surface area contributed by atoms with E-state index in [1.807, 2.05) is 0 Å². The molecule has 0 radical (unpaired) electrons. The number of hydrogen-bond acceptors (Lipinski definition) is 5. The second-order valence-electron chi connectivity index (χ2n) is 8.39. The molecule has 162 valence electrons. The summed E-state index contributed by atoms with van der Waals surface area (Å²) in [5, 5.41) is 14.4. The summed E-state index contributed by atoms with van der Waals surface area (Å²) in [5.41, 5.74) is 1.37. The van der Waals surface area contributed by atoms with Crippen LogP contribution in [0, 0.1) is 0 Å². The van der Waals surface area contributed by atoms with Gasteiger partial charge in [0.2, 0.25) is 5.91 Å². The predicted molar refractivity (Wildman–Crippen MR) is 119 cm³/mol. The Bertz CT molecular complexity index is 1050. The first kappa shape index (κ1) is 20.2. The summed E-state index contributed by atoms with van der Waals surface area (Å²) in [4.78, 5) is 14.6. The quantitative estimate of drug-likeness (QED) is 0.664. The maximum atomic E-state index is 12.1. The second kappa shape index (κ2) is 9.16. The summed E-state index contributed by atoms with van der Waals surface area (Å²) >= 11 is 0. The van der Waals surface area contributed by atoms with E-state index in [0.29, 0.717) is 19.6 Å². The molecule has 1 atom stereocenters. The van der Waals surface area contributed by atoms with Crippen LogP contribution in [0.3, 0.4) is 0 Å². The molecule has 0 aliphatic carbocycles. The van der Waals surface area contributed by atoms with Gasteiger partial charge in [-0.2, -0.15) is 0 Å². The van der Waals surface area contributed by atoms with Crippen molar-refractivity contribution in [2.24, 2.45) is 0 Å². The lowest BCUT2D eigenvalue weighted by molar-refractivity contribution is -0.130. The van der Waals surface area contributed by atoms with Crippen molar-refractivity contribution in [2.75, 3.05) is 26.2 Å². The number of nitrogens with one attached hydrogen (secondary N) is 1. The van der Waals surface area contributed by atoms with Gasteiger partial charge in [0.1, 0.15) is 17.8 Å². The van der Waals surface area contributed by atoms with Gasteiger partial charge in [0, 0.05) is 52.2 Å². The highest BCUT2D eigenvalue weighted by Gasteiger charge is 2.23. The Labute approximate surface area is 182 Å². The number of fused-ring (bicyclic) bond motifs is 2. The van der Waals surface area contributed by atoms with Crippen LogP contribution < -0.4 is 5.32 Å². The Morgan fingerprint density at radius 1 is 1.10 bits per heavy atom. The molecule has 3 heterocycles. The number of hydrogen-bond donors (Lipinski definition) is 1. The lowest BCUT2D eigenvalue weighted by atomic mass is 10.0. The van der Waals surface area contributed by atoms with Crippen molar-refractivity contribution in [3.63, 3.8) is 0 Å². The topological polar surface area (TPSA) is 72.3 Å². The maximum Gasteiger partial charge on any atom is 0.249 e. The third kappa shape index (κ3) is 4.48. The van der Waals surface area contributed by atoms with Gasteiger partial charge in [0.05, 0.1) is 0 Å². The van der Waals surface area contributed by atoms with E-state index >= 15 is 0 Å². The molecule has 1 saturated heterocycles. The van der Waals surface area contributed by atoms with Crippen molar-refractivity contribution in [3.05, 3.63) is 59.7 Å². The molecule has 1 amide bonds. The minimum Gasteiger partial charge on any atom is -0.368 e. The van der Waals surface area contributed by atoms with Gasteiger partial charge in [-0.1, -0.05) is 42.5 Å². The molecule has 0 saturated carbocycles. The highest BCUT2D eigenvalue weighted by molar-refractivity contribution is 5.85.